The third-order valence-corrected chi connectivity index (χ3v) is 1.31. The Kier molecular flexibility index (Phi) is 2.24. The Labute approximate surface area is 67.9 Å². The molecule has 1 N–H and O–H groups in total. The summed E-state index contributed by atoms with van der Waals surface area (Å²) in [5.41, 5.74) is -0.314. The molecular weight excluding hydrogens is 164 g/mol. The van der Waals surface area contributed by atoms with Gasteiger partial charge in [0.25, 0.3) is 6.43 Å². The molecule has 1 aromatic rings. The van der Waals surface area contributed by atoms with Gasteiger partial charge in [-0.3, -0.25) is 0 Å². The fourth-order valence-electron chi connectivity index (χ4n) is 0.809. The van der Waals surface area contributed by atoms with Crippen LogP contribution in [0.4, 0.5) is 14.5 Å². The summed E-state index contributed by atoms with van der Waals surface area (Å²) < 4.78 is 24.1. The summed E-state index contributed by atoms with van der Waals surface area (Å²) in [4.78, 5) is 2.93. The zero-order chi connectivity index (χ0) is 9.14. The minimum absolute atomic E-state index is 0.0188. The van der Waals surface area contributed by atoms with Crippen molar-refractivity contribution in [1.29, 1.82) is 0 Å². The highest BCUT2D eigenvalue weighted by Crippen LogP contribution is 2.28. The molecular formula is C8H5F2NO. The Hall–Kier alpha value is -1.63. The zero-order valence-corrected chi connectivity index (χ0v) is 5.96. The van der Waals surface area contributed by atoms with E-state index in [9.17, 15) is 8.78 Å². The molecule has 0 saturated heterocycles. The van der Waals surface area contributed by atoms with E-state index in [-0.39, 0.29) is 17.0 Å². The molecule has 12 heavy (non-hydrogen) atoms. The Morgan fingerprint density at radius 2 is 2.00 bits per heavy atom. The topological polar surface area (TPSA) is 24.6 Å². The second-order valence-corrected chi connectivity index (χ2v) is 2.20. The quantitative estimate of drug-likeness (QED) is 0.642. The van der Waals surface area contributed by atoms with Gasteiger partial charge in [0.2, 0.25) is 0 Å². The van der Waals surface area contributed by atoms with Crippen molar-refractivity contribution in [2.24, 2.45) is 0 Å². The third kappa shape index (κ3) is 1.70. The smallest absolute Gasteiger partial charge is 0.262 e. The molecule has 0 aliphatic carbocycles. The van der Waals surface area contributed by atoms with E-state index in [2.05, 4.69) is 4.85 Å². The highest BCUT2D eigenvalue weighted by atomic mass is 19.3. The Morgan fingerprint density at radius 1 is 1.33 bits per heavy atom. The van der Waals surface area contributed by atoms with E-state index in [0.717, 1.165) is 18.2 Å². The Balaban J connectivity index is 3.17. The van der Waals surface area contributed by atoms with Gasteiger partial charge in [0.05, 0.1) is 6.57 Å². The zero-order valence-electron chi connectivity index (χ0n) is 5.96. The predicted octanol–water partition coefficient (Wildman–Crippen LogP) is 2.88. The predicted molar refractivity (Wildman–Crippen MR) is 39.3 cm³/mol. The van der Waals surface area contributed by atoms with Crippen molar-refractivity contribution in [3.8, 4) is 5.75 Å². The largest absolute Gasteiger partial charge is 0.509 e. The molecule has 4 heteroatoms. The van der Waals surface area contributed by atoms with E-state index in [4.69, 9.17) is 11.7 Å². The van der Waals surface area contributed by atoms with Crippen molar-refractivity contribution in [2.75, 3.05) is 0 Å². The number of benzene rings is 1. The average Bonchev–Trinajstić information content (AvgIpc) is 2.03. The summed E-state index contributed by atoms with van der Waals surface area (Å²) in [7, 11) is 0. The van der Waals surface area contributed by atoms with E-state index in [1.165, 1.54) is 0 Å². The van der Waals surface area contributed by atoms with Crippen LogP contribution in [0.1, 0.15) is 12.0 Å². The number of hydrogen-bond donors (Lipinski definition) is 1. The molecule has 0 aliphatic rings. The molecule has 0 fully saturated rings. The lowest BCUT2D eigenvalue weighted by atomic mass is 10.2. The second-order valence-electron chi connectivity index (χ2n) is 2.20. The molecule has 0 spiro atoms. The van der Waals surface area contributed by atoms with Gasteiger partial charge in [-0.25, -0.2) is 13.6 Å². The molecule has 0 amide bonds. The molecule has 0 radical (unpaired) electrons. The minimum atomic E-state index is -2.66. The summed E-state index contributed by atoms with van der Waals surface area (Å²) in [6, 6.07) is 3.13. The SMILES string of the molecule is [C-]#[N+]c1cc(O)cc(C(F)F)c1. The summed E-state index contributed by atoms with van der Waals surface area (Å²) in [5, 5.41) is 8.90. The fraction of sp³-hybridized carbons (Fsp3) is 0.125. The van der Waals surface area contributed by atoms with Crippen molar-refractivity contribution >= 4 is 5.69 Å². The molecule has 0 heterocycles. The lowest BCUT2D eigenvalue weighted by molar-refractivity contribution is 0.151. The number of hydrogen-bond acceptors (Lipinski definition) is 1. The van der Waals surface area contributed by atoms with Crippen molar-refractivity contribution in [3.05, 3.63) is 35.2 Å². The normalized spacial score (nSPS) is 9.83. The fourth-order valence-corrected chi connectivity index (χ4v) is 0.809. The van der Waals surface area contributed by atoms with E-state index >= 15 is 0 Å². The van der Waals surface area contributed by atoms with Crippen LogP contribution in [-0.4, -0.2) is 5.11 Å². The van der Waals surface area contributed by atoms with Gasteiger partial charge in [0.1, 0.15) is 5.75 Å². The molecule has 0 unspecified atom stereocenters. The van der Waals surface area contributed by atoms with Gasteiger partial charge in [-0.15, -0.1) is 0 Å². The van der Waals surface area contributed by atoms with E-state index in [0.29, 0.717) is 0 Å². The van der Waals surface area contributed by atoms with Gasteiger partial charge < -0.3 is 5.11 Å². The first kappa shape index (κ1) is 8.47. The molecule has 62 valence electrons. The Morgan fingerprint density at radius 3 is 2.50 bits per heavy atom. The molecule has 0 bridgehead atoms. The van der Waals surface area contributed by atoms with Gasteiger partial charge in [0, 0.05) is 5.56 Å². The summed E-state index contributed by atoms with van der Waals surface area (Å²) in [6.45, 7) is 6.55. The van der Waals surface area contributed by atoms with Gasteiger partial charge in [-0.05, 0) is 18.2 Å². The number of phenolic OH excluding ortho intramolecular Hbond substituents is 1. The van der Waals surface area contributed by atoms with E-state index in [1.54, 1.807) is 0 Å². The number of nitrogens with zero attached hydrogens (tertiary/aromatic N) is 1. The van der Waals surface area contributed by atoms with Crippen LogP contribution in [0.25, 0.3) is 4.85 Å². The van der Waals surface area contributed by atoms with Crippen molar-refractivity contribution < 1.29 is 13.9 Å². The highest BCUT2D eigenvalue weighted by Gasteiger charge is 2.08. The van der Waals surface area contributed by atoms with Gasteiger partial charge in [-0.1, -0.05) is 0 Å². The van der Waals surface area contributed by atoms with E-state index < -0.39 is 6.43 Å². The lowest BCUT2D eigenvalue weighted by Gasteiger charge is -2.00. The summed E-state index contributed by atoms with van der Waals surface area (Å²) in [5.74, 6) is -0.307. The standard InChI is InChI=1S/C8H5F2NO/c1-11-6-2-5(8(9)10)3-7(12)4-6/h2-4,8,12H. The summed E-state index contributed by atoms with van der Waals surface area (Å²) in [6.07, 6.45) is -2.66. The van der Waals surface area contributed by atoms with Crippen LogP contribution in [0.15, 0.2) is 18.2 Å². The number of phenols is 1. The number of halogens is 2. The van der Waals surface area contributed by atoms with Crippen LogP contribution in [0.3, 0.4) is 0 Å². The lowest BCUT2D eigenvalue weighted by Crippen LogP contribution is -1.82. The van der Waals surface area contributed by atoms with Gasteiger partial charge >= 0.3 is 0 Å². The van der Waals surface area contributed by atoms with E-state index in [1.807, 2.05) is 0 Å². The van der Waals surface area contributed by atoms with Crippen LogP contribution in [0, 0.1) is 6.57 Å². The third-order valence-electron chi connectivity index (χ3n) is 1.31. The highest BCUT2D eigenvalue weighted by molar-refractivity contribution is 5.51. The van der Waals surface area contributed by atoms with Crippen molar-refractivity contribution in [1.82, 2.24) is 0 Å². The Bertz CT molecular complexity index is 330. The summed E-state index contributed by atoms with van der Waals surface area (Å²) >= 11 is 0. The maximum absolute atomic E-state index is 12.0. The minimum Gasteiger partial charge on any atom is -0.509 e. The number of rotatable bonds is 1. The second kappa shape index (κ2) is 3.18. The van der Waals surface area contributed by atoms with Crippen LogP contribution in [0.2, 0.25) is 0 Å². The molecule has 1 aromatic carbocycles. The molecule has 0 aromatic heterocycles. The average molecular weight is 169 g/mol. The first-order valence-corrected chi connectivity index (χ1v) is 3.13. The molecule has 0 atom stereocenters. The first-order valence-electron chi connectivity index (χ1n) is 3.13. The maximum atomic E-state index is 12.0. The number of alkyl halides is 2. The first-order chi connectivity index (χ1) is 5.63. The molecule has 2 nitrogen and oxygen atoms in total. The molecule has 1 rings (SSSR count). The van der Waals surface area contributed by atoms with Crippen LogP contribution in [0.5, 0.6) is 5.75 Å². The van der Waals surface area contributed by atoms with Crippen LogP contribution < -0.4 is 0 Å². The number of aromatic hydroxyl groups is 1. The monoisotopic (exact) mass is 169 g/mol. The van der Waals surface area contributed by atoms with Crippen molar-refractivity contribution in [2.45, 2.75) is 6.43 Å². The molecule has 0 aliphatic heterocycles. The van der Waals surface area contributed by atoms with Crippen LogP contribution in [-0.2, 0) is 0 Å². The maximum Gasteiger partial charge on any atom is 0.262 e. The molecule has 0 saturated carbocycles. The van der Waals surface area contributed by atoms with Gasteiger partial charge in [-0.2, -0.15) is 0 Å². The van der Waals surface area contributed by atoms with Crippen molar-refractivity contribution in [3.63, 3.8) is 0 Å². The van der Waals surface area contributed by atoms with Gasteiger partial charge in [0.15, 0.2) is 5.69 Å². The van der Waals surface area contributed by atoms with Crippen LogP contribution >= 0.6 is 0 Å².